The molecular weight excluding hydrogens is 300 g/mol. The second kappa shape index (κ2) is 9.24. The van der Waals surface area contributed by atoms with Crippen LogP contribution < -0.4 is 15.6 Å². The van der Waals surface area contributed by atoms with Gasteiger partial charge >= 0.3 is 5.97 Å². The highest BCUT2D eigenvalue weighted by Crippen LogP contribution is 2.13. The number of benzene rings is 1. The number of hydrogen-bond acceptors (Lipinski definition) is 4. The van der Waals surface area contributed by atoms with Gasteiger partial charge in [-0.25, -0.2) is 4.79 Å². The predicted molar refractivity (Wildman–Crippen MR) is 83.8 cm³/mol. The van der Waals surface area contributed by atoms with Gasteiger partial charge in [-0.15, -0.1) is 0 Å². The van der Waals surface area contributed by atoms with E-state index < -0.39 is 17.8 Å². The van der Waals surface area contributed by atoms with Crippen molar-refractivity contribution in [3.05, 3.63) is 42.0 Å². The second-order valence-corrected chi connectivity index (χ2v) is 5.17. The van der Waals surface area contributed by atoms with Gasteiger partial charge in [0.2, 0.25) is 0 Å². The average Bonchev–Trinajstić information content (AvgIpc) is 2.51. The molecular formula is C16H20N2O5. The van der Waals surface area contributed by atoms with E-state index in [4.69, 9.17) is 9.84 Å². The molecule has 0 spiro atoms. The Morgan fingerprint density at radius 1 is 1.13 bits per heavy atom. The van der Waals surface area contributed by atoms with Crippen molar-refractivity contribution in [3.8, 4) is 5.75 Å². The fourth-order valence-electron chi connectivity index (χ4n) is 1.49. The molecule has 0 aliphatic rings. The number of nitrogens with one attached hydrogen (secondary N) is 2. The van der Waals surface area contributed by atoms with Gasteiger partial charge in [0.15, 0.2) is 0 Å². The van der Waals surface area contributed by atoms with Crippen LogP contribution in [0.2, 0.25) is 0 Å². The number of rotatable bonds is 7. The van der Waals surface area contributed by atoms with Crippen LogP contribution in [0.15, 0.2) is 36.4 Å². The van der Waals surface area contributed by atoms with Crippen LogP contribution in [0, 0.1) is 5.92 Å². The first-order valence-corrected chi connectivity index (χ1v) is 7.12. The summed E-state index contributed by atoms with van der Waals surface area (Å²) in [6.45, 7) is 4.82. The number of aliphatic carboxylic acids is 1. The van der Waals surface area contributed by atoms with E-state index >= 15 is 0 Å². The van der Waals surface area contributed by atoms with Crippen molar-refractivity contribution in [3.63, 3.8) is 0 Å². The smallest absolute Gasteiger partial charge is 0.328 e. The molecule has 1 aromatic rings. The summed E-state index contributed by atoms with van der Waals surface area (Å²) >= 11 is 0. The molecule has 7 heteroatoms. The second-order valence-electron chi connectivity index (χ2n) is 5.17. The maximum absolute atomic E-state index is 11.8. The molecule has 0 aliphatic heterocycles. The summed E-state index contributed by atoms with van der Waals surface area (Å²) in [7, 11) is 0. The fraction of sp³-hybridized carbons (Fsp3) is 0.312. The van der Waals surface area contributed by atoms with Gasteiger partial charge in [0, 0.05) is 17.7 Å². The third-order valence-corrected chi connectivity index (χ3v) is 2.76. The molecule has 0 aliphatic carbocycles. The summed E-state index contributed by atoms with van der Waals surface area (Å²) in [5.74, 6) is -1.29. The molecule has 2 amide bonds. The first-order valence-electron chi connectivity index (χ1n) is 7.12. The number of hydrogen-bond donors (Lipinski definition) is 3. The van der Waals surface area contributed by atoms with Gasteiger partial charge in [-0.1, -0.05) is 13.8 Å². The molecule has 1 rings (SSSR count). The topological polar surface area (TPSA) is 105 Å². The highest BCUT2D eigenvalue weighted by molar-refractivity contribution is 5.98. The Morgan fingerprint density at radius 3 is 2.35 bits per heavy atom. The third kappa shape index (κ3) is 7.66. The molecule has 0 bridgehead atoms. The molecule has 0 unspecified atom stereocenters. The third-order valence-electron chi connectivity index (χ3n) is 2.76. The molecule has 0 saturated carbocycles. The first kappa shape index (κ1) is 18.2. The number of hydrazine groups is 1. The minimum Gasteiger partial charge on any atom is -0.494 e. The molecule has 0 aromatic heterocycles. The van der Waals surface area contributed by atoms with Crippen molar-refractivity contribution in [2.24, 2.45) is 5.92 Å². The number of ether oxygens (including phenoxy) is 1. The number of amides is 2. The quantitative estimate of drug-likeness (QED) is 0.522. The highest BCUT2D eigenvalue weighted by atomic mass is 16.5. The lowest BCUT2D eigenvalue weighted by Crippen LogP contribution is -2.40. The Balaban J connectivity index is 2.45. The Morgan fingerprint density at radius 2 is 1.78 bits per heavy atom. The van der Waals surface area contributed by atoms with Crippen LogP contribution >= 0.6 is 0 Å². The van der Waals surface area contributed by atoms with Gasteiger partial charge in [0.25, 0.3) is 11.8 Å². The molecule has 1 aromatic carbocycles. The summed E-state index contributed by atoms with van der Waals surface area (Å²) < 4.78 is 5.54. The summed E-state index contributed by atoms with van der Waals surface area (Å²) in [6.07, 6.45) is 2.41. The SMILES string of the molecule is CC(C)CCOc1ccc(C(=O)NNC(=O)C=CC(=O)O)cc1. The monoisotopic (exact) mass is 320 g/mol. The predicted octanol–water partition coefficient (Wildman–Crippen LogP) is 1.51. The van der Waals surface area contributed by atoms with Crippen molar-refractivity contribution < 1.29 is 24.2 Å². The van der Waals surface area contributed by atoms with E-state index in [0.29, 0.717) is 29.9 Å². The van der Waals surface area contributed by atoms with E-state index in [0.717, 1.165) is 12.5 Å². The van der Waals surface area contributed by atoms with Crippen LogP contribution in [0.3, 0.4) is 0 Å². The number of carboxylic acid groups (broad SMARTS) is 1. The number of carboxylic acids is 1. The molecule has 0 heterocycles. The van der Waals surface area contributed by atoms with Crippen LogP contribution in [-0.4, -0.2) is 29.5 Å². The fourth-order valence-corrected chi connectivity index (χ4v) is 1.49. The molecule has 0 saturated heterocycles. The molecule has 7 nitrogen and oxygen atoms in total. The molecule has 0 radical (unpaired) electrons. The Bertz CT molecular complexity index is 579. The lowest BCUT2D eigenvalue weighted by atomic mass is 10.1. The lowest BCUT2D eigenvalue weighted by Gasteiger charge is -2.09. The molecule has 124 valence electrons. The maximum Gasteiger partial charge on any atom is 0.328 e. The van der Waals surface area contributed by atoms with E-state index in [1.165, 1.54) is 0 Å². The molecule has 0 fully saturated rings. The van der Waals surface area contributed by atoms with E-state index in [-0.39, 0.29) is 0 Å². The largest absolute Gasteiger partial charge is 0.494 e. The van der Waals surface area contributed by atoms with Crippen LogP contribution in [-0.2, 0) is 9.59 Å². The van der Waals surface area contributed by atoms with Gasteiger partial charge in [0.1, 0.15) is 5.75 Å². The van der Waals surface area contributed by atoms with Crippen LogP contribution in [0.4, 0.5) is 0 Å². The van der Waals surface area contributed by atoms with Crippen LogP contribution in [0.25, 0.3) is 0 Å². The van der Waals surface area contributed by atoms with Gasteiger partial charge < -0.3 is 9.84 Å². The maximum atomic E-state index is 11.8. The van der Waals surface area contributed by atoms with Gasteiger partial charge in [-0.3, -0.25) is 20.4 Å². The Hall–Kier alpha value is -2.83. The molecule has 0 atom stereocenters. The van der Waals surface area contributed by atoms with Crippen molar-refractivity contribution >= 4 is 17.8 Å². The van der Waals surface area contributed by atoms with E-state index in [9.17, 15) is 14.4 Å². The molecule has 3 N–H and O–H groups in total. The van der Waals surface area contributed by atoms with Crippen LogP contribution in [0.1, 0.15) is 30.6 Å². The summed E-state index contributed by atoms with van der Waals surface area (Å²) in [5, 5.41) is 8.37. The Labute approximate surface area is 134 Å². The normalized spacial score (nSPS) is 10.6. The summed E-state index contributed by atoms with van der Waals surface area (Å²) in [6, 6.07) is 6.47. The van der Waals surface area contributed by atoms with E-state index in [1.807, 2.05) is 0 Å². The van der Waals surface area contributed by atoms with Crippen molar-refractivity contribution in [1.82, 2.24) is 10.9 Å². The van der Waals surface area contributed by atoms with Crippen molar-refractivity contribution in [2.75, 3.05) is 6.61 Å². The van der Waals surface area contributed by atoms with Gasteiger partial charge in [-0.05, 0) is 36.6 Å². The standard InChI is InChI=1S/C16H20N2O5/c1-11(2)9-10-23-13-5-3-12(4-6-13)16(22)18-17-14(19)7-8-15(20)21/h3-8,11H,9-10H2,1-2H3,(H,17,19)(H,18,22)(H,20,21). The van der Waals surface area contributed by atoms with Gasteiger partial charge in [-0.2, -0.15) is 0 Å². The van der Waals surface area contributed by atoms with Gasteiger partial charge in [0.05, 0.1) is 6.61 Å². The van der Waals surface area contributed by atoms with Crippen molar-refractivity contribution in [2.45, 2.75) is 20.3 Å². The average molecular weight is 320 g/mol. The van der Waals surface area contributed by atoms with Crippen LogP contribution in [0.5, 0.6) is 5.75 Å². The zero-order valence-corrected chi connectivity index (χ0v) is 13.0. The minimum absolute atomic E-state index is 0.337. The first-order chi connectivity index (χ1) is 10.9. The Kier molecular flexibility index (Phi) is 7.32. The highest BCUT2D eigenvalue weighted by Gasteiger charge is 2.06. The number of carbonyl (C=O) groups is 3. The lowest BCUT2D eigenvalue weighted by molar-refractivity contribution is -0.131. The summed E-state index contributed by atoms with van der Waals surface area (Å²) in [5.41, 5.74) is 4.59. The van der Waals surface area contributed by atoms with E-state index in [1.54, 1.807) is 24.3 Å². The summed E-state index contributed by atoms with van der Waals surface area (Å²) in [4.78, 5) is 33.3. The zero-order valence-electron chi connectivity index (χ0n) is 13.0. The zero-order chi connectivity index (χ0) is 17.2. The number of carbonyl (C=O) groups excluding carboxylic acids is 2. The minimum atomic E-state index is -1.25. The van der Waals surface area contributed by atoms with E-state index in [2.05, 4.69) is 24.7 Å². The molecule has 23 heavy (non-hydrogen) atoms. The van der Waals surface area contributed by atoms with Crippen molar-refractivity contribution in [1.29, 1.82) is 0 Å².